The van der Waals surface area contributed by atoms with Gasteiger partial charge in [-0.25, -0.2) is 4.98 Å². The van der Waals surface area contributed by atoms with Crippen LogP contribution in [0.2, 0.25) is 0 Å². The molecule has 25 heavy (non-hydrogen) atoms. The first-order valence-corrected chi connectivity index (χ1v) is 7.80. The second kappa shape index (κ2) is 6.35. The lowest BCUT2D eigenvalue weighted by Gasteiger charge is -2.04. The third-order valence-corrected chi connectivity index (χ3v) is 3.88. The summed E-state index contributed by atoms with van der Waals surface area (Å²) in [5.41, 5.74) is 2.20. The van der Waals surface area contributed by atoms with Gasteiger partial charge in [0.1, 0.15) is 11.3 Å². The molecule has 3 aromatic rings. The molecular formula is C18H16N2O5. The second-order valence-electron chi connectivity index (χ2n) is 5.58. The van der Waals surface area contributed by atoms with Gasteiger partial charge in [0, 0.05) is 6.07 Å². The fraction of sp³-hybridized carbons (Fsp3) is 0.222. The Bertz CT molecular complexity index is 934. The third-order valence-electron chi connectivity index (χ3n) is 3.88. The van der Waals surface area contributed by atoms with Crippen molar-refractivity contribution in [2.75, 3.05) is 13.9 Å². The Morgan fingerprint density at radius 1 is 1.20 bits per heavy atom. The van der Waals surface area contributed by atoms with Crippen LogP contribution in [0.1, 0.15) is 11.5 Å². The van der Waals surface area contributed by atoms with E-state index in [-0.39, 0.29) is 25.7 Å². The first kappa shape index (κ1) is 15.3. The van der Waals surface area contributed by atoms with Crippen molar-refractivity contribution in [1.29, 1.82) is 0 Å². The maximum Gasteiger partial charge on any atom is 0.231 e. The molecule has 0 radical (unpaired) electrons. The van der Waals surface area contributed by atoms with Crippen LogP contribution in [0.4, 0.5) is 0 Å². The van der Waals surface area contributed by atoms with E-state index in [2.05, 4.69) is 10.3 Å². The van der Waals surface area contributed by atoms with Crippen molar-refractivity contribution >= 4 is 17.0 Å². The summed E-state index contributed by atoms with van der Waals surface area (Å²) in [5.74, 6) is 2.39. The lowest BCUT2D eigenvalue weighted by atomic mass is 10.1. The zero-order valence-electron chi connectivity index (χ0n) is 13.6. The van der Waals surface area contributed by atoms with Gasteiger partial charge in [0.05, 0.1) is 20.1 Å². The van der Waals surface area contributed by atoms with E-state index in [0.717, 1.165) is 5.56 Å². The number of hydrogen-bond donors (Lipinski definition) is 1. The number of oxazole rings is 1. The molecule has 0 saturated carbocycles. The standard InChI is InChI=1S/C18H16N2O5/c1-22-12-3-5-14-13(8-12)20-18(25-14)9-19-17(21)7-11-2-4-15-16(6-11)24-10-23-15/h2-6,8H,7,9-10H2,1H3,(H,19,21). The number of nitrogens with zero attached hydrogens (tertiary/aromatic N) is 1. The quantitative estimate of drug-likeness (QED) is 0.768. The number of nitrogens with one attached hydrogen (secondary N) is 1. The molecule has 0 unspecified atom stereocenters. The fourth-order valence-electron chi connectivity index (χ4n) is 2.63. The highest BCUT2D eigenvalue weighted by molar-refractivity contribution is 5.79. The van der Waals surface area contributed by atoms with Crippen LogP contribution in [0.5, 0.6) is 17.2 Å². The van der Waals surface area contributed by atoms with Crippen LogP contribution in [-0.2, 0) is 17.8 Å². The number of methoxy groups -OCH3 is 1. The topological polar surface area (TPSA) is 82.8 Å². The predicted octanol–water partition coefficient (Wildman–Crippen LogP) is 2.42. The van der Waals surface area contributed by atoms with Gasteiger partial charge >= 0.3 is 0 Å². The average molecular weight is 340 g/mol. The highest BCUT2D eigenvalue weighted by Crippen LogP contribution is 2.32. The van der Waals surface area contributed by atoms with Crippen LogP contribution in [0, 0.1) is 0 Å². The van der Waals surface area contributed by atoms with Gasteiger partial charge in [-0.15, -0.1) is 0 Å². The van der Waals surface area contributed by atoms with Crippen LogP contribution >= 0.6 is 0 Å². The van der Waals surface area contributed by atoms with Crippen LogP contribution in [0.15, 0.2) is 40.8 Å². The van der Waals surface area contributed by atoms with Crippen molar-refractivity contribution < 1.29 is 23.4 Å². The van der Waals surface area contributed by atoms with Gasteiger partial charge in [0.2, 0.25) is 18.6 Å². The van der Waals surface area contributed by atoms with Gasteiger partial charge in [0.15, 0.2) is 17.1 Å². The van der Waals surface area contributed by atoms with Crippen LogP contribution in [-0.4, -0.2) is 24.8 Å². The number of rotatable bonds is 5. The van der Waals surface area contributed by atoms with E-state index in [1.54, 1.807) is 31.4 Å². The summed E-state index contributed by atoms with van der Waals surface area (Å²) in [6.45, 7) is 0.438. The molecule has 1 amide bonds. The third kappa shape index (κ3) is 3.21. The Kier molecular flexibility index (Phi) is 3.89. The van der Waals surface area contributed by atoms with Crippen LogP contribution in [0.3, 0.4) is 0 Å². The number of amides is 1. The summed E-state index contributed by atoms with van der Waals surface area (Å²) in [7, 11) is 1.60. The number of carbonyl (C=O) groups excluding carboxylic acids is 1. The smallest absolute Gasteiger partial charge is 0.231 e. The predicted molar refractivity (Wildman–Crippen MR) is 88.7 cm³/mol. The van der Waals surface area contributed by atoms with E-state index in [4.69, 9.17) is 18.6 Å². The Morgan fingerprint density at radius 2 is 2.08 bits per heavy atom. The molecule has 1 N–H and O–H groups in total. The number of aromatic nitrogens is 1. The number of fused-ring (bicyclic) bond motifs is 2. The van der Waals surface area contributed by atoms with Gasteiger partial charge in [-0.3, -0.25) is 4.79 Å². The fourth-order valence-corrected chi connectivity index (χ4v) is 2.63. The summed E-state index contributed by atoms with van der Waals surface area (Å²) in [5, 5.41) is 2.81. The molecule has 2 heterocycles. The number of benzene rings is 2. The van der Waals surface area contributed by atoms with Crippen molar-refractivity contribution in [3.05, 3.63) is 47.9 Å². The molecule has 0 saturated heterocycles. The molecule has 0 bridgehead atoms. The van der Waals surface area contributed by atoms with Crippen LogP contribution in [0.25, 0.3) is 11.1 Å². The summed E-state index contributed by atoms with van der Waals surface area (Å²) in [6.07, 6.45) is 0.241. The van der Waals surface area contributed by atoms with Crippen molar-refractivity contribution in [1.82, 2.24) is 10.3 Å². The number of ether oxygens (including phenoxy) is 3. The zero-order valence-corrected chi connectivity index (χ0v) is 13.6. The maximum absolute atomic E-state index is 12.1. The molecule has 0 aliphatic carbocycles. The molecule has 0 fully saturated rings. The minimum Gasteiger partial charge on any atom is -0.497 e. The van der Waals surface area contributed by atoms with E-state index in [1.165, 1.54) is 0 Å². The first-order chi connectivity index (χ1) is 12.2. The van der Waals surface area contributed by atoms with Crippen LogP contribution < -0.4 is 19.5 Å². The molecular weight excluding hydrogens is 324 g/mol. The minimum absolute atomic E-state index is 0.126. The summed E-state index contributed by atoms with van der Waals surface area (Å²) in [6, 6.07) is 10.8. The summed E-state index contributed by atoms with van der Waals surface area (Å²) in [4.78, 5) is 16.5. The summed E-state index contributed by atoms with van der Waals surface area (Å²) < 4.78 is 21.3. The second-order valence-corrected chi connectivity index (χ2v) is 5.58. The monoisotopic (exact) mass is 340 g/mol. The highest BCUT2D eigenvalue weighted by Gasteiger charge is 2.15. The molecule has 7 heteroatoms. The zero-order chi connectivity index (χ0) is 17.2. The van der Waals surface area contributed by atoms with Crippen molar-refractivity contribution in [3.63, 3.8) is 0 Å². The lowest BCUT2D eigenvalue weighted by molar-refractivity contribution is -0.120. The number of hydrogen-bond acceptors (Lipinski definition) is 6. The SMILES string of the molecule is COc1ccc2oc(CNC(=O)Cc3ccc4c(c3)OCO4)nc2c1. The van der Waals surface area contributed by atoms with Gasteiger partial charge in [0.25, 0.3) is 0 Å². The van der Waals surface area contributed by atoms with E-state index in [0.29, 0.717) is 34.2 Å². The van der Waals surface area contributed by atoms with Gasteiger partial charge in [-0.05, 0) is 29.8 Å². The lowest BCUT2D eigenvalue weighted by Crippen LogP contribution is -2.24. The Labute approximate surface area is 143 Å². The van der Waals surface area contributed by atoms with Crippen molar-refractivity contribution in [2.24, 2.45) is 0 Å². The Balaban J connectivity index is 1.38. The van der Waals surface area contributed by atoms with E-state index in [1.807, 2.05) is 12.1 Å². The van der Waals surface area contributed by atoms with E-state index in [9.17, 15) is 4.79 Å². The van der Waals surface area contributed by atoms with Crippen molar-refractivity contribution in [2.45, 2.75) is 13.0 Å². The average Bonchev–Trinajstić information content (AvgIpc) is 3.24. The molecule has 4 rings (SSSR count). The number of carbonyl (C=O) groups is 1. The first-order valence-electron chi connectivity index (χ1n) is 7.80. The van der Waals surface area contributed by atoms with Gasteiger partial charge in [-0.2, -0.15) is 0 Å². The summed E-state index contributed by atoms with van der Waals surface area (Å²) >= 11 is 0. The molecule has 7 nitrogen and oxygen atoms in total. The van der Waals surface area contributed by atoms with Gasteiger partial charge < -0.3 is 23.9 Å². The van der Waals surface area contributed by atoms with Crippen molar-refractivity contribution in [3.8, 4) is 17.2 Å². The van der Waals surface area contributed by atoms with Gasteiger partial charge in [-0.1, -0.05) is 6.07 Å². The molecule has 2 aromatic carbocycles. The maximum atomic E-state index is 12.1. The molecule has 128 valence electrons. The molecule has 0 spiro atoms. The largest absolute Gasteiger partial charge is 0.497 e. The molecule has 1 aliphatic heterocycles. The minimum atomic E-state index is -0.126. The normalized spacial score (nSPS) is 12.4. The Morgan fingerprint density at radius 3 is 2.96 bits per heavy atom. The molecule has 1 aliphatic rings. The molecule has 1 aromatic heterocycles. The van der Waals surface area contributed by atoms with E-state index >= 15 is 0 Å². The highest BCUT2D eigenvalue weighted by atomic mass is 16.7. The Hall–Kier alpha value is -3.22. The molecule has 0 atom stereocenters. The van der Waals surface area contributed by atoms with E-state index < -0.39 is 0 Å².